The zero-order chi connectivity index (χ0) is 15.6. The molecule has 3 heteroatoms. The van der Waals surface area contributed by atoms with Gasteiger partial charge in [-0.15, -0.1) is 0 Å². The van der Waals surface area contributed by atoms with E-state index in [0.717, 1.165) is 19.3 Å². The first-order chi connectivity index (χ1) is 11.4. The standard InChI is InChI=1S/C20H19O2P/c21-23-22-13-2-1-4-14-7-8-17-10-9-15-5-3-6-16-11-12-18(14)20(17)19(15)16/h3,5-12,21,23H,1-2,4,13H2. The Morgan fingerprint density at radius 1 is 0.783 bits per heavy atom. The maximum absolute atomic E-state index is 8.69. The third-order valence-electron chi connectivity index (χ3n) is 4.63. The molecule has 1 N–H and O–H groups in total. The molecule has 0 fully saturated rings. The van der Waals surface area contributed by atoms with Crippen LogP contribution in [-0.4, -0.2) is 11.5 Å². The Bertz CT molecular complexity index is 932. The number of benzene rings is 4. The fourth-order valence-corrected chi connectivity index (χ4v) is 3.78. The molecule has 0 heterocycles. The molecular formula is C20H19O2P. The van der Waals surface area contributed by atoms with E-state index in [-0.39, 0.29) is 0 Å². The van der Waals surface area contributed by atoms with Crippen LogP contribution in [0.2, 0.25) is 0 Å². The molecule has 4 aromatic carbocycles. The van der Waals surface area contributed by atoms with Crippen LogP contribution in [0.4, 0.5) is 0 Å². The molecule has 0 aliphatic heterocycles. The van der Waals surface area contributed by atoms with E-state index >= 15 is 0 Å². The molecule has 2 nitrogen and oxygen atoms in total. The number of unbranched alkanes of at least 4 members (excludes halogenated alkanes) is 1. The normalized spacial score (nSPS) is 12.4. The minimum atomic E-state index is -0.394. The molecule has 0 saturated carbocycles. The minimum absolute atomic E-state index is 0.394. The Kier molecular flexibility index (Phi) is 4.13. The summed E-state index contributed by atoms with van der Waals surface area (Å²) in [7, 11) is -0.394. The summed E-state index contributed by atoms with van der Waals surface area (Å²) in [5.41, 5.74) is 1.40. The van der Waals surface area contributed by atoms with Gasteiger partial charge in [-0.25, -0.2) is 0 Å². The third-order valence-corrected chi connectivity index (χ3v) is 4.96. The van der Waals surface area contributed by atoms with Gasteiger partial charge in [0.1, 0.15) is 0 Å². The Morgan fingerprint density at radius 2 is 1.48 bits per heavy atom. The lowest BCUT2D eigenvalue weighted by atomic mass is 9.91. The van der Waals surface area contributed by atoms with Gasteiger partial charge in [-0.3, -0.25) is 0 Å². The first-order valence-corrected chi connectivity index (χ1v) is 8.90. The first kappa shape index (κ1) is 14.8. The summed E-state index contributed by atoms with van der Waals surface area (Å²) in [5, 5.41) is 8.10. The van der Waals surface area contributed by atoms with Crippen LogP contribution in [0.25, 0.3) is 32.3 Å². The van der Waals surface area contributed by atoms with Gasteiger partial charge in [0, 0.05) is 0 Å². The van der Waals surface area contributed by atoms with Crippen LogP contribution < -0.4 is 0 Å². The lowest BCUT2D eigenvalue weighted by Gasteiger charge is -2.13. The summed E-state index contributed by atoms with van der Waals surface area (Å²) in [6.45, 7) is 0.640. The molecule has 0 amide bonds. The van der Waals surface area contributed by atoms with Crippen LogP contribution in [0.15, 0.2) is 54.6 Å². The molecule has 0 radical (unpaired) electrons. The molecular weight excluding hydrogens is 303 g/mol. The fourth-order valence-electron chi connectivity index (χ4n) is 3.55. The van der Waals surface area contributed by atoms with Gasteiger partial charge in [-0.05, 0) is 57.1 Å². The van der Waals surface area contributed by atoms with E-state index in [1.54, 1.807) is 0 Å². The van der Waals surface area contributed by atoms with Gasteiger partial charge < -0.3 is 9.42 Å². The van der Waals surface area contributed by atoms with Crippen LogP contribution in [-0.2, 0) is 10.9 Å². The van der Waals surface area contributed by atoms with Crippen molar-refractivity contribution in [1.29, 1.82) is 0 Å². The molecule has 0 saturated heterocycles. The highest BCUT2D eigenvalue weighted by molar-refractivity contribution is 7.24. The predicted molar refractivity (Wildman–Crippen MR) is 99.6 cm³/mol. The summed E-state index contributed by atoms with van der Waals surface area (Å²) < 4.78 is 5.03. The molecule has 1 atom stereocenters. The van der Waals surface area contributed by atoms with Crippen molar-refractivity contribution in [1.82, 2.24) is 0 Å². The van der Waals surface area contributed by atoms with Crippen molar-refractivity contribution in [2.45, 2.75) is 19.3 Å². The van der Waals surface area contributed by atoms with E-state index in [0.29, 0.717) is 6.61 Å². The smallest absolute Gasteiger partial charge is 0.152 e. The molecule has 1 unspecified atom stereocenters. The summed E-state index contributed by atoms with van der Waals surface area (Å²) >= 11 is 0. The monoisotopic (exact) mass is 322 g/mol. The SMILES string of the molecule is OPOCCCCc1ccc2ccc3cccc4ccc1c2c34. The number of hydrogen-bond acceptors (Lipinski definition) is 2. The molecule has 0 aliphatic rings. The van der Waals surface area contributed by atoms with Crippen LogP contribution in [0.5, 0.6) is 0 Å². The maximum atomic E-state index is 8.69. The van der Waals surface area contributed by atoms with E-state index in [2.05, 4.69) is 54.6 Å². The number of aryl methyl sites for hydroxylation is 1. The van der Waals surface area contributed by atoms with Gasteiger partial charge in [0.25, 0.3) is 0 Å². The maximum Gasteiger partial charge on any atom is 0.152 e. The highest BCUT2D eigenvalue weighted by Gasteiger charge is 2.10. The van der Waals surface area contributed by atoms with E-state index in [1.165, 1.54) is 37.9 Å². The molecule has 0 bridgehead atoms. The lowest BCUT2D eigenvalue weighted by molar-refractivity contribution is 0.316. The Labute approximate surface area is 137 Å². The summed E-state index contributed by atoms with van der Waals surface area (Å²) in [6.07, 6.45) is 3.11. The highest BCUT2D eigenvalue weighted by Crippen LogP contribution is 2.36. The average Bonchev–Trinajstić information content (AvgIpc) is 2.60. The highest BCUT2D eigenvalue weighted by atomic mass is 31.1. The second-order valence-electron chi connectivity index (χ2n) is 5.98. The Morgan fingerprint density at radius 3 is 2.26 bits per heavy atom. The van der Waals surface area contributed by atoms with Crippen LogP contribution in [0.3, 0.4) is 0 Å². The Balaban J connectivity index is 1.77. The van der Waals surface area contributed by atoms with Gasteiger partial charge >= 0.3 is 0 Å². The van der Waals surface area contributed by atoms with Gasteiger partial charge in [0.05, 0.1) is 6.61 Å². The zero-order valence-corrected chi connectivity index (χ0v) is 13.9. The van der Waals surface area contributed by atoms with Crippen LogP contribution in [0, 0.1) is 0 Å². The molecule has 0 aliphatic carbocycles. The van der Waals surface area contributed by atoms with E-state index in [4.69, 9.17) is 9.42 Å². The quantitative estimate of drug-likeness (QED) is 0.292. The van der Waals surface area contributed by atoms with E-state index in [9.17, 15) is 0 Å². The van der Waals surface area contributed by atoms with Crippen molar-refractivity contribution in [2.24, 2.45) is 0 Å². The molecule has 116 valence electrons. The minimum Gasteiger partial charge on any atom is -0.352 e. The second-order valence-corrected chi connectivity index (χ2v) is 6.45. The fraction of sp³-hybridized carbons (Fsp3) is 0.200. The van der Waals surface area contributed by atoms with E-state index < -0.39 is 9.03 Å². The van der Waals surface area contributed by atoms with Crippen molar-refractivity contribution in [3.63, 3.8) is 0 Å². The topological polar surface area (TPSA) is 29.5 Å². The molecule has 0 spiro atoms. The first-order valence-electron chi connectivity index (χ1n) is 8.05. The van der Waals surface area contributed by atoms with Crippen LogP contribution in [0.1, 0.15) is 18.4 Å². The van der Waals surface area contributed by atoms with Crippen molar-refractivity contribution in [3.8, 4) is 0 Å². The predicted octanol–water partition coefficient (Wildman–Crippen LogP) is 5.42. The molecule has 0 aromatic heterocycles. The van der Waals surface area contributed by atoms with Crippen LogP contribution >= 0.6 is 9.03 Å². The second kappa shape index (κ2) is 6.41. The average molecular weight is 322 g/mol. The zero-order valence-electron chi connectivity index (χ0n) is 12.9. The Hall–Kier alpha value is -1.73. The van der Waals surface area contributed by atoms with Crippen molar-refractivity contribution in [2.75, 3.05) is 6.61 Å². The van der Waals surface area contributed by atoms with Crippen molar-refractivity contribution < 1.29 is 9.42 Å². The van der Waals surface area contributed by atoms with Gasteiger partial charge in [-0.1, -0.05) is 54.6 Å². The van der Waals surface area contributed by atoms with Gasteiger partial charge in [0.15, 0.2) is 9.03 Å². The van der Waals surface area contributed by atoms with Crippen molar-refractivity contribution >= 4 is 41.4 Å². The summed E-state index contributed by atoms with van der Waals surface area (Å²) in [5.74, 6) is 0. The third kappa shape index (κ3) is 2.68. The van der Waals surface area contributed by atoms with Gasteiger partial charge in [0.2, 0.25) is 0 Å². The largest absolute Gasteiger partial charge is 0.352 e. The number of hydrogen-bond donors (Lipinski definition) is 1. The lowest BCUT2D eigenvalue weighted by Crippen LogP contribution is -1.93. The summed E-state index contributed by atoms with van der Waals surface area (Å²) in [6, 6.07) is 20.0. The van der Waals surface area contributed by atoms with Gasteiger partial charge in [-0.2, -0.15) is 0 Å². The van der Waals surface area contributed by atoms with Crippen molar-refractivity contribution in [3.05, 3.63) is 60.2 Å². The summed E-state index contributed by atoms with van der Waals surface area (Å²) in [4.78, 5) is 8.69. The number of rotatable bonds is 6. The molecule has 4 aromatic rings. The molecule has 4 rings (SSSR count). The molecule has 23 heavy (non-hydrogen) atoms. The van der Waals surface area contributed by atoms with E-state index in [1.807, 2.05) is 0 Å².